The molecule has 5 N–H and O–H groups in total. The van der Waals surface area contributed by atoms with E-state index in [1.165, 1.54) is 38.5 Å². The molecule has 0 radical (unpaired) electrons. The van der Waals surface area contributed by atoms with Crippen LogP contribution in [0.2, 0.25) is 0 Å². The van der Waals surface area contributed by atoms with Gasteiger partial charge in [0.2, 0.25) is 5.92 Å². The van der Waals surface area contributed by atoms with Crippen molar-refractivity contribution in [3.8, 4) is 0 Å². The fourth-order valence-corrected chi connectivity index (χ4v) is 8.96. The van der Waals surface area contributed by atoms with Gasteiger partial charge in [-0.2, -0.15) is 0 Å². The van der Waals surface area contributed by atoms with Crippen molar-refractivity contribution >= 4 is 0 Å². The molecule has 10 unspecified atom stereocenters. The van der Waals surface area contributed by atoms with E-state index in [1.807, 2.05) is 27.7 Å². The van der Waals surface area contributed by atoms with Crippen molar-refractivity contribution in [3.63, 3.8) is 0 Å². The molecule has 1 saturated heterocycles. The van der Waals surface area contributed by atoms with Gasteiger partial charge in [-0.15, -0.1) is 0 Å². The first-order chi connectivity index (χ1) is 25.0. The van der Waals surface area contributed by atoms with Gasteiger partial charge in [-0.05, 0) is 98.2 Å². The van der Waals surface area contributed by atoms with Gasteiger partial charge < -0.3 is 30.3 Å². The standard InChI is InChI=1S/2C9H16F2O.2C9H18O.C8H16O2/c1-6(2)7-5-9(10,11)4-3-8(7)12;1-6(2)7-3-4-9(10,11)5-8(7)12;2*1-7(2)8-5-3-4-6-9(8)10;1-6(2)7-5-10-4-3-8(7)9/h2*6-8,12H,3-5H2,1-2H3;2*7-10H,3-6H2,1-2H3;6-9H,3-5H2,1-2H3. The third-order valence-electron chi connectivity index (χ3n) is 12.9. The molecule has 10 atom stereocenters. The number of hydrogen-bond donors (Lipinski definition) is 5. The summed E-state index contributed by atoms with van der Waals surface area (Å²) in [7, 11) is 0. The number of alkyl halides is 4. The van der Waals surface area contributed by atoms with E-state index in [0.29, 0.717) is 47.8 Å². The minimum absolute atomic E-state index is 0.00579. The Hall–Kier alpha value is -0.520. The van der Waals surface area contributed by atoms with Gasteiger partial charge in [-0.3, -0.25) is 0 Å². The highest BCUT2D eigenvalue weighted by Crippen LogP contribution is 2.40. The highest BCUT2D eigenvalue weighted by molar-refractivity contribution is 4.86. The van der Waals surface area contributed by atoms with E-state index in [2.05, 4.69) is 41.5 Å². The number of aliphatic hydroxyl groups is 5. The van der Waals surface area contributed by atoms with Crippen LogP contribution in [-0.2, 0) is 4.74 Å². The highest BCUT2D eigenvalue weighted by atomic mass is 19.3. The third-order valence-corrected chi connectivity index (χ3v) is 12.9. The Kier molecular flexibility index (Phi) is 23.9. The van der Waals surface area contributed by atoms with Crippen LogP contribution in [0.3, 0.4) is 0 Å². The average Bonchev–Trinajstić information content (AvgIpc) is 3.06. The molecule has 4 aliphatic carbocycles. The van der Waals surface area contributed by atoms with E-state index in [1.54, 1.807) is 0 Å². The maximum absolute atomic E-state index is 12.9. The van der Waals surface area contributed by atoms with E-state index in [-0.39, 0.29) is 68.2 Å². The van der Waals surface area contributed by atoms with E-state index in [0.717, 1.165) is 32.5 Å². The molecule has 324 valence electrons. The number of hydrogen-bond acceptors (Lipinski definition) is 6. The molecule has 0 spiro atoms. The zero-order chi connectivity index (χ0) is 41.4. The lowest BCUT2D eigenvalue weighted by Crippen LogP contribution is -2.38. The molecule has 5 aliphatic rings. The predicted octanol–water partition coefficient (Wildman–Crippen LogP) is 10.3. The maximum Gasteiger partial charge on any atom is 0.250 e. The summed E-state index contributed by atoms with van der Waals surface area (Å²) in [4.78, 5) is 0. The molecule has 6 nitrogen and oxygen atoms in total. The monoisotopic (exact) mass is 785 g/mol. The van der Waals surface area contributed by atoms with Crippen LogP contribution >= 0.6 is 0 Å². The van der Waals surface area contributed by atoms with Gasteiger partial charge in [-0.25, -0.2) is 17.6 Å². The van der Waals surface area contributed by atoms with Gasteiger partial charge in [0.15, 0.2) is 0 Å². The van der Waals surface area contributed by atoms with Crippen molar-refractivity contribution in [3.05, 3.63) is 0 Å². The van der Waals surface area contributed by atoms with Crippen molar-refractivity contribution < 1.29 is 47.8 Å². The molecule has 0 amide bonds. The molecule has 4 saturated carbocycles. The van der Waals surface area contributed by atoms with E-state index in [4.69, 9.17) is 4.74 Å². The lowest BCUT2D eigenvalue weighted by molar-refractivity contribution is -0.105. The Labute approximate surface area is 327 Å². The van der Waals surface area contributed by atoms with Gasteiger partial charge in [0.05, 0.1) is 37.1 Å². The normalized spacial score (nSPS) is 35.1. The molecular weight excluding hydrogens is 700 g/mol. The summed E-state index contributed by atoms with van der Waals surface area (Å²) in [6.45, 7) is 22.3. The summed E-state index contributed by atoms with van der Waals surface area (Å²) in [5, 5.41) is 47.4. The van der Waals surface area contributed by atoms with Gasteiger partial charge >= 0.3 is 0 Å². The Balaban J connectivity index is 0.000000338. The van der Waals surface area contributed by atoms with Crippen LogP contribution in [0.1, 0.15) is 166 Å². The molecule has 10 heteroatoms. The Morgan fingerprint density at radius 1 is 0.407 bits per heavy atom. The second-order valence-electron chi connectivity index (χ2n) is 19.0. The smallest absolute Gasteiger partial charge is 0.250 e. The topological polar surface area (TPSA) is 110 Å². The summed E-state index contributed by atoms with van der Waals surface area (Å²) in [5.41, 5.74) is 0. The van der Waals surface area contributed by atoms with Crippen molar-refractivity contribution in [2.45, 2.75) is 208 Å². The van der Waals surface area contributed by atoms with Crippen molar-refractivity contribution in [1.82, 2.24) is 0 Å². The summed E-state index contributed by atoms with van der Waals surface area (Å²) < 4.78 is 56.5. The largest absolute Gasteiger partial charge is 0.393 e. The molecule has 54 heavy (non-hydrogen) atoms. The quantitative estimate of drug-likeness (QED) is 0.178. The van der Waals surface area contributed by atoms with Gasteiger partial charge in [0, 0.05) is 38.2 Å². The fraction of sp³-hybridized carbons (Fsp3) is 1.00. The summed E-state index contributed by atoms with van der Waals surface area (Å²) >= 11 is 0. The number of aliphatic hydroxyl groups excluding tert-OH is 5. The van der Waals surface area contributed by atoms with Crippen molar-refractivity contribution in [1.29, 1.82) is 0 Å². The molecule has 0 aromatic rings. The van der Waals surface area contributed by atoms with Crippen LogP contribution in [0.25, 0.3) is 0 Å². The second kappa shape index (κ2) is 25.1. The maximum atomic E-state index is 12.9. The first-order valence-electron chi connectivity index (χ1n) is 21.7. The SMILES string of the molecule is CC(C)C1CC(F)(F)CCC1O.CC(C)C1CCC(F)(F)CC1O.CC(C)C1CCCCC1O.CC(C)C1CCCCC1O.CC(C)C1COCCC1O. The second-order valence-corrected chi connectivity index (χ2v) is 19.0. The first kappa shape index (κ1) is 51.5. The molecule has 1 aliphatic heterocycles. The molecular formula is C44H84F4O6. The van der Waals surface area contributed by atoms with Crippen LogP contribution in [-0.4, -0.2) is 81.1 Å². The minimum atomic E-state index is -2.63. The summed E-state index contributed by atoms with van der Waals surface area (Å²) in [6.07, 6.45) is 8.93. The molecule has 5 fully saturated rings. The van der Waals surface area contributed by atoms with Crippen LogP contribution in [0.5, 0.6) is 0 Å². The van der Waals surface area contributed by atoms with Crippen molar-refractivity contribution in [2.24, 2.45) is 59.2 Å². The molecule has 0 aromatic heterocycles. The Morgan fingerprint density at radius 3 is 1.09 bits per heavy atom. The van der Waals surface area contributed by atoms with Crippen LogP contribution in [0.15, 0.2) is 0 Å². The first-order valence-corrected chi connectivity index (χ1v) is 21.7. The van der Waals surface area contributed by atoms with Gasteiger partial charge in [-0.1, -0.05) is 94.9 Å². The van der Waals surface area contributed by atoms with E-state index >= 15 is 0 Å². The molecule has 0 bridgehead atoms. The lowest BCUT2D eigenvalue weighted by atomic mass is 9.78. The third kappa shape index (κ3) is 19.3. The summed E-state index contributed by atoms with van der Waals surface area (Å²) in [6, 6.07) is 0. The van der Waals surface area contributed by atoms with Crippen LogP contribution in [0.4, 0.5) is 17.6 Å². The number of rotatable bonds is 5. The number of halogens is 4. The molecule has 1 heterocycles. The Bertz CT molecular complexity index is 902. The average molecular weight is 785 g/mol. The van der Waals surface area contributed by atoms with E-state index in [9.17, 15) is 43.1 Å². The zero-order valence-corrected chi connectivity index (χ0v) is 35.8. The predicted molar refractivity (Wildman–Crippen MR) is 212 cm³/mol. The summed E-state index contributed by atoms with van der Waals surface area (Å²) in [5.74, 6) is -1.53. The lowest BCUT2D eigenvalue weighted by Gasteiger charge is -2.35. The molecule has 5 rings (SSSR count). The molecule has 0 aromatic carbocycles. The Morgan fingerprint density at radius 2 is 0.759 bits per heavy atom. The minimum Gasteiger partial charge on any atom is -0.393 e. The fourth-order valence-electron chi connectivity index (χ4n) is 8.96. The highest BCUT2D eigenvalue weighted by Gasteiger charge is 2.42. The van der Waals surface area contributed by atoms with Crippen molar-refractivity contribution in [2.75, 3.05) is 13.2 Å². The van der Waals surface area contributed by atoms with E-state index < -0.39 is 24.1 Å². The zero-order valence-electron chi connectivity index (χ0n) is 35.8. The van der Waals surface area contributed by atoms with Crippen LogP contribution in [0, 0.1) is 59.2 Å². The number of ether oxygens (including phenoxy) is 1. The van der Waals surface area contributed by atoms with Gasteiger partial charge in [0.1, 0.15) is 0 Å². The van der Waals surface area contributed by atoms with Crippen LogP contribution < -0.4 is 0 Å². The van der Waals surface area contributed by atoms with Gasteiger partial charge in [0.25, 0.3) is 5.92 Å².